The molecular formula is C10HF8NO2. The Hall–Kier alpha value is -2.20. The first-order chi connectivity index (χ1) is 9.53. The summed E-state index contributed by atoms with van der Waals surface area (Å²) in [6.45, 7) is 0. The molecule has 0 N–H and O–H groups in total. The third-order valence-corrected chi connectivity index (χ3v) is 2.83. The van der Waals surface area contributed by atoms with E-state index in [0.717, 1.165) is 0 Å². The van der Waals surface area contributed by atoms with Crippen LogP contribution in [0.4, 0.5) is 35.1 Å². The van der Waals surface area contributed by atoms with Crippen molar-refractivity contribution >= 4 is 0 Å². The first-order valence-electron chi connectivity index (χ1n) is 4.96. The Kier molecular flexibility index (Phi) is 3.18. The number of benzene rings is 1. The largest absolute Gasteiger partial charge is 0.330 e. The summed E-state index contributed by atoms with van der Waals surface area (Å²) >= 11 is 0. The second kappa shape index (κ2) is 4.40. The summed E-state index contributed by atoms with van der Waals surface area (Å²) in [5.41, 5.74) is -4.54. The smallest absolute Gasteiger partial charge is 0.263 e. The van der Waals surface area contributed by atoms with Crippen molar-refractivity contribution < 1.29 is 40.0 Å². The summed E-state index contributed by atoms with van der Waals surface area (Å²) in [7, 11) is 0. The molecule has 114 valence electrons. The number of hydrogen-bond donors (Lipinski definition) is 0. The van der Waals surface area contributed by atoms with Gasteiger partial charge in [0, 0.05) is 4.92 Å². The van der Waals surface area contributed by atoms with Gasteiger partial charge in [-0.05, 0) is 0 Å². The highest BCUT2D eigenvalue weighted by Gasteiger charge is 2.57. The summed E-state index contributed by atoms with van der Waals surface area (Å²) in [4.78, 5) is 8.78. The van der Waals surface area contributed by atoms with Crippen LogP contribution in [0.15, 0.2) is 11.7 Å². The van der Waals surface area contributed by atoms with Gasteiger partial charge in [-0.15, -0.1) is 0 Å². The van der Waals surface area contributed by atoms with Crippen LogP contribution < -0.4 is 0 Å². The third kappa shape index (κ3) is 1.79. The van der Waals surface area contributed by atoms with E-state index in [0.29, 0.717) is 0 Å². The van der Waals surface area contributed by atoms with Crippen LogP contribution in [-0.2, 0) is 5.92 Å². The van der Waals surface area contributed by atoms with Gasteiger partial charge in [0.15, 0.2) is 23.3 Å². The van der Waals surface area contributed by atoms with E-state index in [-0.39, 0.29) is 0 Å². The zero-order chi connectivity index (χ0) is 16.3. The molecule has 0 amide bonds. The zero-order valence-corrected chi connectivity index (χ0v) is 9.36. The third-order valence-electron chi connectivity index (χ3n) is 2.83. The van der Waals surface area contributed by atoms with Crippen LogP contribution in [-0.4, -0.2) is 4.92 Å². The number of halogens is 8. The van der Waals surface area contributed by atoms with E-state index < -0.39 is 62.9 Å². The van der Waals surface area contributed by atoms with Gasteiger partial charge in [0.2, 0.25) is 11.7 Å². The molecule has 21 heavy (non-hydrogen) atoms. The first kappa shape index (κ1) is 15.2. The quantitative estimate of drug-likeness (QED) is 0.260. The lowest BCUT2D eigenvalue weighted by Gasteiger charge is -2.26. The van der Waals surface area contributed by atoms with Crippen LogP contribution in [0, 0.1) is 33.4 Å². The highest BCUT2D eigenvalue weighted by atomic mass is 19.3. The van der Waals surface area contributed by atoms with E-state index >= 15 is 0 Å². The average molecular weight is 319 g/mol. The van der Waals surface area contributed by atoms with Crippen molar-refractivity contribution in [2.24, 2.45) is 0 Å². The minimum atomic E-state index is -5.22. The van der Waals surface area contributed by atoms with E-state index in [9.17, 15) is 45.2 Å². The van der Waals surface area contributed by atoms with E-state index in [4.69, 9.17) is 0 Å². The molecule has 0 bridgehead atoms. The van der Waals surface area contributed by atoms with E-state index in [1.54, 1.807) is 0 Å². The fourth-order valence-electron chi connectivity index (χ4n) is 1.92. The number of allylic oxidation sites excluding steroid dienone is 1. The Morgan fingerprint density at radius 1 is 0.905 bits per heavy atom. The molecule has 0 heterocycles. The van der Waals surface area contributed by atoms with Gasteiger partial charge in [-0.25, -0.2) is 26.3 Å². The van der Waals surface area contributed by atoms with Gasteiger partial charge in [0.1, 0.15) is 0 Å². The number of alkyl halides is 2. The maximum Gasteiger partial charge on any atom is 0.330 e. The Bertz CT molecular complexity index is 699. The fraction of sp³-hybridized carbons (Fsp3) is 0.200. The number of nitro groups is 1. The molecule has 1 aromatic rings. The molecule has 3 nitrogen and oxygen atoms in total. The highest BCUT2D eigenvalue weighted by molar-refractivity contribution is 5.47. The van der Waals surface area contributed by atoms with Crippen molar-refractivity contribution in [3.63, 3.8) is 0 Å². The number of nitrogens with zero attached hydrogens (tertiary/aromatic N) is 1. The van der Waals surface area contributed by atoms with Crippen molar-refractivity contribution in [1.82, 2.24) is 0 Å². The van der Waals surface area contributed by atoms with E-state index in [1.807, 2.05) is 0 Å². The Morgan fingerprint density at radius 2 is 1.38 bits per heavy atom. The normalized spacial score (nSPS) is 20.5. The van der Waals surface area contributed by atoms with Crippen LogP contribution in [0.25, 0.3) is 0 Å². The first-order valence-corrected chi connectivity index (χ1v) is 4.96. The predicted octanol–water partition coefficient (Wildman–Crippen LogP) is 3.82. The summed E-state index contributed by atoms with van der Waals surface area (Å²) in [5.74, 6) is -21.7. The molecule has 0 fully saturated rings. The van der Waals surface area contributed by atoms with Crippen LogP contribution in [0.2, 0.25) is 0 Å². The van der Waals surface area contributed by atoms with Gasteiger partial charge >= 0.3 is 5.92 Å². The summed E-state index contributed by atoms with van der Waals surface area (Å²) in [6, 6.07) is -3.25. The molecular weight excluding hydrogens is 318 g/mol. The molecule has 1 unspecified atom stereocenters. The lowest BCUT2D eigenvalue weighted by Crippen LogP contribution is -2.32. The Labute approximate surface area is 109 Å². The Balaban J connectivity index is 3.02. The van der Waals surface area contributed by atoms with Crippen LogP contribution >= 0.6 is 0 Å². The van der Waals surface area contributed by atoms with Crippen molar-refractivity contribution in [2.75, 3.05) is 0 Å². The molecule has 1 atom stereocenters. The molecule has 0 radical (unpaired) electrons. The van der Waals surface area contributed by atoms with Gasteiger partial charge in [-0.3, -0.25) is 10.1 Å². The van der Waals surface area contributed by atoms with E-state index in [1.165, 1.54) is 0 Å². The minimum Gasteiger partial charge on any atom is -0.263 e. The van der Waals surface area contributed by atoms with Gasteiger partial charge in [0.05, 0.1) is 11.1 Å². The predicted molar refractivity (Wildman–Crippen MR) is 49.1 cm³/mol. The lowest BCUT2D eigenvalue weighted by atomic mass is 9.87. The zero-order valence-electron chi connectivity index (χ0n) is 9.36. The topological polar surface area (TPSA) is 43.1 Å². The average Bonchev–Trinajstić information content (AvgIpc) is 2.39. The molecule has 1 aliphatic rings. The summed E-state index contributed by atoms with van der Waals surface area (Å²) < 4.78 is 106. The monoisotopic (exact) mass is 319 g/mol. The molecule has 2 rings (SSSR count). The van der Waals surface area contributed by atoms with Crippen LogP contribution in [0.3, 0.4) is 0 Å². The van der Waals surface area contributed by atoms with Crippen LogP contribution in [0.1, 0.15) is 17.2 Å². The fourth-order valence-corrected chi connectivity index (χ4v) is 1.92. The van der Waals surface area contributed by atoms with E-state index in [2.05, 4.69) is 0 Å². The molecule has 0 aliphatic heterocycles. The second-order valence-electron chi connectivity index (χ2n) is 3.97. The minimum absolute atomic E-state index is 1.77. The SMILES string of the molecule is O=[N+]([O-])C1C(F)=C(F)C(F)(F)c2c(F)c(F)c(F)c(F)c21. The number of rotatable bonds is 1. The van der Waals surface area contributed by atoms with Gasteiger partial charge in [-0.2, -0.15) is 8.78 Å². The van der Waals surface area contributed by atoms with Crippen molar-refractivity contribution in [3.05, 3.63) is 56.2 Å². The van der Waals surface area contributed by atoms with Gasteiger partial charge < -0.3 is 0 Å². The van der Waals surface area contributed by atoms with Crippen LogP contribution in [0.5, 0.6) is 0 Å². The summed E-state index contributed by atoms with van der Waals surface area (Å²) in [6.07, 6.45) is 0. The molecule has 0 saturated heterocycles. The molecule has 1 aliphatic carbocycles. The highest BCUT2D eigenvalue weighted by Crippen LogP contribution is 2.52. The molecule has 0 spiro atoms. The molecule has 11 heteroatoms. The van der Waals surface area contributed by atoms with Crippen molar-refractivity contribution in [2.45, 2.75) is 12.0 Å². The molecule has 1 aromatic carbocycles. The van der Waals surface area contributed by atoms with Crippen molar-refractivity contribution in [1.29, 1.82) is 0 Å². The molecule has 0 saturated carbocycles. The van der Waals surface area contributed by atoms with Gasteiger partial charge in [0.25, 0.3) is 6.04 Å². The number of fused-ring (bicyclic) bond motifs is 1. The maximum absolute atomic E-state index is 13.4. The summed E-state index contributed by atoms with van der Waals surface area (Å²) in [5, 5.41) is 10.6. The number of hydrogen-bond acceptors (Lipinski definition) is 2. The Morgan fingerprint density at radius 3 is 1.86 bits per heavy atom. The lowest BCUT2D eigenvalue weighted by molar-refractivity contribution is -0.523. The van der Waals surface area contributed by atoms with Crippen molar-refractivity contribution in [3.8, 4) is 0 Å². The molecule has 0 aromatic heterocycles. The van der Waals surface area contributed by atoms with Gasteiger partial charge in [-0.1, -0.05) is 0 Å². The standard InChI is InChI=1S/C10HF8NO2/c11-3-1-2(4(12)6(14)5(3)13)10(17,18)9(16)7(15)8(1)19(20)21/h8H. The maximum atomic E-state index is 13.4. The second-order valence-corrected chi connectivity index (χ2v) is 3.97.